The smallest absolute Gasteiger partial charge is 0.255 e. The lowest BCUT2D eigenvalue weighted by atomic mass is 9.87. The van der Waals surface area contributed by atoms with Crippen LogP contribution in [0.4, 0.5) is 0 Å². The van der Waals surface area contributed by atoms with Gasteiger partial charge in [0.05, 0.1) is 0 Å². The van der Waals surface area contributed by atoms with Gasteiger partial charge < -0.3 is 0 Å². The molecule has 2 rings (SSSR count). The zero-order chi connectivity index (χ0) is 12.5. The standard InChI is InChI=1S/C15H17NO/c1-15(2,3)12-7-6-8-13(11-12)16-10-5-4-9-14(16)17/h4-11H,1-3H3. The Morgan fingerprint density at radius 3 is 2.41 bits per heavy atom. The van der Waals surface area contributed by atoms with Crippen molar-refractivity contribution in [1.29, 1.82) is 0 Å². The minimum absolute atomic E-state index is 0.00133. The summed E-state index contributed by atoms with van der Waals surface area (Å²) in [7, 11) is 0. The lowest BCUT2D eigenvalue weighted by molar-refractivity contribution is 0.589. The van der Waals surface area contributed by atoms with Crippen LogP contribution in [0.5, 0.6) is 0 Å². The summed E-state index contributed by atoms with van der Waals surface area (Å²) in [5, 5.41) is 0. The lowest BCUT2D eigenvalue weighted by Crippen LogP contribution is -2.17. The van der Waals surface area contributed by atoms with Crippen molar-refractivity contribution in [3.63, 3.8) is 0 Å². The molecule has 0 spiro atoms. The molecule has 0 amide bonds. The second-order valence-electron chi connectivity index (χ2n) is 5.21. The second-order valence-corrected chi connectivity index (χ2v) is 5.21. The third kappa shape index (κ3) is 2.47. The van der Waals surface area contributed by atoms with Gasteiger partial charge in [0.15, 0.2) is 0 Å². The Bertz CT molecular complexity index is 576. The van der Waals surface area contributed by atoms with Crippen molar-refractivity contribution in [1.82, 2.24) is 4.57 Å². The number of benzene rings is 1. The molecule has 0 fully saturated rings. The summed E-state index contributed by atoms with van der Waals surface area (Å²) in [5.41, 5.74) is 2.24. The average Bonchev–Trinajstić information content (AvgIpc) is 2.29. The second kappa shape index (κ2) is 4.21. The molecular weight excluding hydrogens is 210 g/mol. The number of aromatic nitrogens is 1. The molecule has 2 aromatic rings. The van der Waals surface area contributed by atoms with Gasteiger partial charge in [-0.2, -0.15) is 0 Å². The summed E-state index contributed by atoms with van der Waals surface area (Å²) >= 11 is 0. The summed E-state index contributed by atoms with van der Waals surface area (Å²) in [5.74, 6) is 0. The molecule has 0 aliphatic heterocycles. The molecule has 0 saturated heterocycles. The normalized spacial score (nSPS) is 11.5. The minimum Gasteiger partial charge on any atom is -0.284 e. The summed E-state index contributed by atoms with van der Waals surface area (Å²) in [6.07, 6.45) is 1.80. The van der Waals surface area contributed by atoms with E-state index in [1.54, 1.807) is 22.9 Å². The summed E-state index contributed by atoms with van der Waals surface area (Å²) in [6.45, 7) is 6.50. The average molecular weight is 227 g/mol. The van der Waals surface area contributed by atoms with Crippen LogP contribution in [0.15, 0.2) is 53.5 Å². The van der Waals surface area contributed by atoms with E-state index < -0.39 is 0 Å². The van der Waals surface area contributed by atoms with Crippen LogP contribution < -0.4 is 5.56 Å². The highest BCUT2D eigenvalue weighted by atomic mass is 16.1. The monoisotopic (exact) mass is 227 g/mol. The van der Waals surface area contributed by atoms with Gasteiger partial charge in [-0.3, -0.25) is 9.36 Å². The molecule has 0 radical (unpaired) electrons. The number of hydrogen-bond donors (Lipinski definition) is 0. The van der Waals surface area contributed by atoms with Gasteiger partial charge in [0.1, 0.15) is 0 Å². The molecule has 17 heavy (non-hydrogen) atoms. The molecule has 2 heteroatoms. The van der Waals surface area contributed by atoms with E-state index in [9.17, 15) is 4.79 Å². The van der Waals surface area contributed by atoms with Gasteiger partial charge in [-0.15, -0.1) is 0 Å². The van der Waals surface area contributed by atoms with Crippen molar-refractivity contribution in [3.05, 3.63) is 64.6 Å². The first-order valence-electron chi connectivity index (χ1n) is 5.77. The van der Waals surface area contributed by atoms with Crippen LogP contribution >= 0.6 is 0 Å². The minimum atomic E-state index is -0.00133. The molecule has 1 aromatic heterocycles. The maximum absolute atomic E-state index is 11.7. The zero-order valence-corrected chi connectivity index (χ0v) is 10.5. The highest BCUT2D eigenvalue weighted by Gasteiger charge is 2.13. The van der Waals surface area contributed by atoms with Gasteiger partial charge in [0.2, 0.25) is 0 Å². The van der Waals surface area contributed by atoms with Gasteiger partial charge in [0, 0.05) is 18.0 Å². The van der Waals surface area contributed by atoms with E-state index in [1.165, 1.54) is 5.56 Å². The molecule has 2 nitrogen and oxygen atoms in total. The Morgan fingerprint density at radius 1 is 1.00 bits per heavy atom. The molecule has 1 aromatic carbocycles. The fourth-order valence-electron chi connectivity index (χ4n) is 1.76. The van der Waals surface area contributed by atoms with Crippen molar-refractivity contribution < 1.29 is 0 Å². The Labute approximate surface area is 102 Å². The van der Waals surface area contributed by atoms with E-state index in [4.69, 9.17) is 0 Å². The highest BCUT2D eigenvalue weighted by Crippen LogP contribution is 2.23. The highest BCUT2D eigenvalue weighted by molar-refractivity contribution is 5.38. The summed E-state index contributed by atoms with van der Waals surface area (Å²) in [6, 6.07) is 13.3. The van der Waals surface area contributed by atoms with Gasteiger partial charge in [0.25, 0.3) is 5.56 Å². The van der Waals surface area contributed by atoms with Crippen molar-refractivity contribution in [2.75, 3.05) is 0 Å². The largest absolute Gasteiger partial charge is 0.284 e. The van der Waals surface area contributed by atoms with Crippen molar-refractivity contribution in [3.8, 4) is 5.69 Å². The van der Waals surface area contributed by atoms with E-state index in [0.717, 1.165) is 5.69 Å². The molecule has 0 aliphatic rings. The molecule has 0 bridgehead atoms. The van der Waals surface area contributed by atoms with Crippen LogP contribution in [0, 0.1) is 0 Å². The predicted molar refractivity (Wildman–Crippen MR) is 70.7 cm³/mol. The molecule has 0 saturated carbocycles. The first-order chi connectivity index (χ1) is 7.98. The Hall–Kier alpha value is -1.83. The number of hydrogen-bond acceptors (Lipinski definition) is 1. The fraction of sp³-hybridized carbons (Fsp3) is 0.267. The first-order valence-corrected chi connectivity index (χ1v) is 5.77. The van der Waals surface area contributed by atoms with Crippen LogP contribution in [0.25, 0.3) is 5.69 Å². The van der Waals surface area contributed by atoms with Crippen LogP contribution in [0.1, 0.15) is 26.3 Å². The van der Waals surface area contributed by atoms with Crippen molar-refractivity contribution in [2.45, 2.75) is 26.2 Å². The van der Waals surface area contributed by atoms with Crippen LogP contribution in [-0.4, -0.2) is 4.57 Å². The van der Waals surface area contributed by atoms with E-state index in [-0.39, 0.29) is 11.0 Å². The van der Waals surface area contributed by atoms with E-state index in [0.29, 0.717) is 0 Å². The molecule has 0 aliphatic carbocycles. The Kier molecular flexibility index (Phi) is 2.88. The Balaban J connectivity index is 2.55. The molecular formula is C15H17NO. The van der Waals surface area contributed by atoms with E-state index >= 15 is 0 Å². The van der Waals surface area contributed by atoms with Gasteiger partial charge in [-0.1, -0.05) is 39.0 Å². The molecule has 0 unspecified atom stereocenters. The number of rotatable bonds is 1. The third-order valence-corrected chi connectivity index (χ3v) is 2.81. The third-order valence-electron chi connectivity index (χ3n) is 2.81. The topological polar surface area (TPSA) is 22.0 Å². The van der Waals surface area contributed by atoms with Crippen molar-refractivity contribution >= 4 is 0 Å². The van der Waals surface area contributed by atoms with Crippen LogP contribution in [0.3, 0.4) is 0 Å². The summed E-state index contributed by atoms with van der Waals surface area (Å²) in [4.78, 5) is 11.7. The predicted octanol–water partition coefficient (Wildman–Crippen LogP) is 3.14. The lowest BCUT2D eigenvalue weighted by Gasteiger charge is -2.20. The molecule has 0 N–H and O–H groups in total. The van der Waals surface area contributed by atoms with Gasteiger partial charge in [-0.25, -0.2) is 0 Å². The van der Waals surface area contributed by atoms with Gasteiger partial charge in [-0.05, 0) is 29.2 Å². The first kappa shape index (κ1) is 11.6. The fourth-order valence-corrected chi connectivity index (χ4v) is 1.76. The van der Waals surface area contributed by atoms with Crippen molar-refractivity contribution in [2.24, 2.45) is 0 Å². The SMILES string of the molecule is CC(C)(C)c1cccc(-n2ccccc2=O)c1. The van der Waals surface area contributed by atoms with Gasteiger partial charge >= 0.3 is 0 Å². The Morgan fingerprint density at radius 2 is 1.76 bits per heavy atom. The molecule has 1 heterocycles. The maximum atomic E-state index is 11.7. The molecule has 88 valence electrons. The number of nitrogens with zero attached hydrogens (tertiary/aromatic N) is 1. The van der Waals surface area contributed by atoms with Crippen LogP contribution in [0.2, 0.25) is 0 Å². The van der Waals surface area contributed by atoms with E-state index in [2.05, 4.69) is 32.9 Å². The maximum Gasteiger partial charge on any atom is 0.255 e. The van der Waals surface area contributed by atoms with E-state index in [1.807, 2.05) is 18.2 Å². The van der Waals surface area contributed by atoms with Crippen LogP contribution in [-0.2, 0) is 5.41 Å². The summed E-state index contributed by atoms with van der Waals surface area (Å²) < 4.78 is 1.66. The molecule has 0 atom stereocenters. The zero-order valence-electron chi connectivity index (χ0n) is 10.5. The quantitative estimate of drug-likeness (QED) is 0.733. The number of pyridine rings is 1.